The highest BCUT2D eigenvalue weighted by atomic mass is 35.5. The highest BCUT2D eigenvalue weighted by Crippen LogP contribution is 2.29. The van der Waals surface area contributed by atoms with Crippen molar-refractivity contribution in [3.8, 4) is 0 Å². The quantitative estimate of drug-likeness (QED) is 0.721. The third-order valence-corrected chi connectivity index (χ3v) is 4.64. The van der Waals surface area contributed by atoms with Gasteiger partial charge in [-0.15, -0.1) is 11.6 Å². The van der Waals surface area contributed by atoms with Crippen molar-refractivity contribution in [2.75, 3.05) is 0 Å². The molecule has 3 heteroatoms. The van der Waals surface area contributed by atoms with Crippen LogP contribution in [0.1, 0.15) is 57.7 Å². The molecule has 0 aliphatic heterocycles. The molecule has 2 unspecified atom stereocenters. The van der Waals surface area contributed by atoms with E-state index < -0.39 is 0 Å². The first kappa shape index (κ1) is 12.9. The van der Waals surface area contributed by atoms with E-state index >= 15 is 0 Å². The van der Waals surface area contributed by atoms with Gasteiger partial charge >= 0.3 is 0 Å². The lowest BCUT2D eigenvalue weighted by molar-refractivity contribution is 0.454. The lowest BCUT2D eigenvalue weighted by Crippen LogP contribution is -2.14. The smallest absolute Gasteiger partial charge is 0.0627 e. The van der Waals surface area contributed by atoms with Gasteiger partial charge in [0.1, 0.15) is 0 Å². The Hall–Kier alpha value is -0.500. The van der Waals surface area contributed by atoms with Gasteiger partial charge in [-0.3, -0.25) is 4.68 Å². The Labute approximate surface area is 109 Å². The Kier molecular flexibility index (Phi) is 4.49. The minimum atomic E-state index is 0.270. The minimum absolute atomic E-state index is 0.270. The maximum Gasteiger partial charge on any atom is 0.0627 e. The van der Waals surface area contributed by atoms with Gasteiger partial charge in [-0.1, -0.05) is 26.7 Å². The molecule has 0 bridgehead atoms. The predicted octanol–water partition coefficient (Wildman–Crippen LogP) is 4.19. The zero-order chi connectivity index (χ0) is 12.3. The molecule has 0 N–H and O–H groups in total. The largest absolute Gasteiger partial charge is 0.269 e. The second-order valence-corrected chi connectivity index (χ2v) is 5.89. The third-order valence-electron chi connectivity index (χ3n) is 3.90. The van der Waals surface area contributed by atoms with Crippen molar-refractivity contribution < 1.29 is 0 Å². The van der Waals surface area contributed by atoms with Crippen LogP contribution in [0, 0.1) is 5.92 Å². The summed E-state index contributed by atoms with van der Waals surface area (Å²) in [4.78, 5) is 0. The van der Waals surface area contributed by atoms with E-state index in [2.05, 4.69) is 30.8 Å². The number of hydrogen-bond acceptors (Lipinski definition) is 1. The van der Waals surface area contributed by atoms with Crippen molar-refractivity contribution in [1.29, 1.82) is 0 Å². The lowest BCUT2D eigenvalue weighted by atomic mass is 10.00. The van der Waals surface area contributed by atoms with Crippen molar-refractivity contribution in [2.45, 2.75) is 63.8 Å². The topological polar surface area (TPSA) is 17.8 Å². The van der Waals surface area contributed by atoms with E-state index in [0.29, 0.717) is 12.0 Å². The molecule has 1 saturated carbocycles. The molecule has 17 heavy (non-hydrogen) atoms. The van der Waals surface area contributed by atoms with E-state index in [9.17, 15) is 0 Å². The Morgan fingerprint density at radius 2 is 2.18 bits per heavy atom. The highest BCUT2D eigenvalue weighted by molar-refractivity contribution is 6.20. The summed E-state index contributed by atoms with van der Waals surface area (Å²) in [5.41, 5.74) is 1.20. The van der Waals surface area contributed by atoms with Crippen molar-refractivity contribution in [3.63, 3.8) is 0 Å². The number of halogens is 1. The van der Waals surface area contributed by atoms with E-state index in [1.54, 1.807) is 0 Å². The molecule has 1 aliphatic rings. The van der Waals surface area contributed by atoms with E-state index in [1.165, 1.54) is 31.4 Å². The molecule has 1 fully saturated rings. The average Bonchev–Trinajstić information content (AvgIpc) is 2.97. The average molecular weight is 255 g/mol. The zero-order valence-corrected chi connectivity index (χ0v) is 11.7. The Bertz CT molecular complexity index is 342. The van der Waals surface area contributed by atoms with Gasteiger partial charge in [-0.2, -0.15) is 5.10 Å². The fraction of sp³-hybridized carbons (Fsp3) is 0.786. The second-order valence-electron chi connectivity index (χ2n) is 5.33. The molecule has 0 aromatic carbocycles. The van der Waals surface area contributed by atoms with E-state index in [0.717, 1.165) is 12.8 Å². The first-order chi connectivity index (χ1) is 8.20. The molecule has 2 atom stereocenters. The monoisotopic (exact) mass is 254 g/mol. The number of hydrogen-bond donors (Lipinski definition) is 0. The SMILES string of the molecule is CCC(Cl)C(C)Cc1ccn(C2CCCC2)n1. The maximum absolute atomic E-state index is 6.26. The molecule has 96 valence electrons. The fourth-order valence-corrected chi connectivity index (χ4v) is 2.81. The number of aromatic nitrogens is 2. The van der Waals surface area contributed by atoms with Gasteiger partial charge in [0.25, 0.3) is 0 Å². The number of rotatable bonds is 5. The van der Waals surface area contributed by atoms with Crippen LogP contribution in [0.4, 0.5) is 0 Å². The first-order valence-corrected chi connectivity index (χ1v) is 7.32. The van der Waals surface area contributed by atoms with E-state index in [-0.39, 0.29) is 5.38 Å². The summed E-state index contributed by atoms with van der Waals surface area (Å²) in [6.45, 7) is 4.36. The molecular weight excluding hydrogens is 232 g/mol. The normalized spacial score (nSPS) is 20.6. The van der Waals surface area contributed by atoms with Crippen molar-refractivity contribution in [2.24, 2.45) is 5.92 Å². The molecule has 1 heterocycles. The van der Waals surface area contributed by atoms with Gasteiger partial charge in [0.15, 0.2) is 0 Å². The van der Waals surface area contributed by atoms with Crippen LogP contribution < -0.4 is 0 Å². The van der Waals surface area contributed by atoms with Crippen LogP contribution in [0.3, 0.4) is 0 Å². The van der Waals surface area contributed by atoms with Gasteiger partial charge in [-0.25, -0.2) is 0 Å². The van der Waals surface area contributed by atoms with Crippen LogP contribution in [-0.4, -0.2) is 15.2 Å². The maximum atomic E-state index is 6.26. The van der Waals surface area contributed by atoms with Crippen LogP contribution in [-0.2, 0) is 6.42 Å². The summed E-state index contributed by atoms with van der Waals surface area (Å²) in [5, 5.41) is 4.98. The van der Waals surface area contributed by atoms with Crippen LogP contribution >= 0.6 is 11.6 Å². The Morgan fingerprint density at radius 1 is 1.47 bits per heavy atom. The molecule has 0 spiro atoms. The summed E-state index contributed by atoms with van der Waals surface area (Å²) < 4.78 is 2.17. The molecule has 0 saturated heterocycles. The molecule has 0 radical (unpaired) electrons. The summed E-state index contributed by atoms with van der Waals surface area (Å²) in [5.74, 6) is 0.508. The van der Waals surface area contributed by atoms with Crippen LogP contribution in [0.2, 0.25) is 0 Å². The van der Waals surface area contributed by atoms with Crippen molar-refractivity contribution in [1.82, 2.24) is 9.78 Å². The summed E-state index contributed by atoms with van der Waals surface area (Å²) in [7, 11) is 0. The van der Waals surface area contributed by atoms with E-state index in [4.69, 9.17) is 16.7 Å². The number of alkyl halides is 1. The fourth-order valence-electron chi connectivity index (χ4n) is 2.72. The summed E-state index contributed by atoms with van der Waals surface area (Å²) in [6.07, 6.45) is 9.49. The van der Waals surface area contributed by atoms with E-state index in [1.807, 2.05) is 0 Å². The standard InChI is InChI=1S/C14H23ClN2/c1-3-14(15)11(2)10-12-8-9-17(16-12)13-6-4-5-7-13/h8-9,11,13-14H,3-7,10H2,1-2H3. The molecule has 2 rings (SSSR count). The van der Waals surface area contributed by atoms with Crippen molar-refractivity contribution >= 4 is 11.6 Å². The number of nitrogens with zero attached hydrogens (tertiary/aromatic N) is 2. The zero-order valence-electron chi connectivity index (χ0n) is 10.9. The lowest BCUT2D eigenvalue weighted by Gasteiger charge is -2.15. The van der Waals surface area contributed by atoms with Gasteiger partial charge in [0.2, 0.25) is 0 Å². The van der Waals surface area contributed by atoms with Crippen LogP contribution in [0.15, 0.2) is 12.3 Å². The Morgan fingerprint density at radius 3 is 2.82 bits per heavy atom. The van der Waals surface area contributed by atoms with Crippen molar-refractivity contribution in [3.05, 3.63) is 18.0 Å². The molecular formula is C14H23ClN2. The van der Waals surface area contributed by atoms with Crippen LogP contribution in [0.5, 0.6) is 0 Å². The molecule has 1 aromatic rings. The summed E-state index contributed by atoms with van der Waals surface area (Å²) >= 11 is 6.26. The Balaban J connectivity index is 1.93. The first-order valence-electron chi connectivity index (χ1n) is 6.88. The highest BCUT2D eigenvalue weighted by Gasteiger charge is 2.19. The molecule has 0 amide bonds. The van der Waals surface area contributed by atoms with Gasteiger partial charge in [0, 0.05) is 11.6 Å². The minimum Gasteiger partial charge on any atom is -0.269 e. The predicted molar refractivity (Wildman–Crippen MR) is 72.5 cm³/mol. The molecule has 2 nitrogen and oxygen atoms in total. The van der Waals surface area contributed by atoms with Gasteiger partial charge < -0.3 is 0 Å². The summed E-state index contributed by atoms with van der Waals surface area (Å²) in [6, 6.07) is 2.81. The molecule has 1 aliphatic carbocycles. The third kappa shape index (κ3) is 3.25. The second kappa shape index (κ2) is 5.90. The van der Waals surface area contributed by atoms with Crippen LogP contribution in [0.25, 0.3) is 0 Å². The molecule has 1 aromatic heterocycles. The van der Waals surface area contributed by atoms with Gasteiger partial charge in [-0.05, 0) is 37.7 Å². The van der Waals surface area contributed by atoms with Gasteiger partial charge in [0.05, 0.1) is 11.7 Å².